The van der Waals surface area contributed by atoms with Crippen LogP contribution in [0.25, 0.3) is 0 Å². The second-order valence-corrected chi connectivity index (χ2v) is 2.98. The molecule has 0 bridgehead atoms. The molecule has 0 radical (unpaired) electrons. The summed E-state index contributed by atoms with van der Waals surface area (Å²) in [6.45, 7) is 3.97. The second kappa shape index (κ2) is 4.50. The fourth-order valence-corrected chi connectivity index (χ4v) is 1.03. The van der Waals surface area contributed by atoms with E-state index in [4.69, 9.17) is 10.6 Å². The van der Waals surface area contributed by atoms with E-state index in [1.165, 1.54) is 0 Å². The van der Waals surface area contributed by atoms with Gasteiger partial charge in [-0.15, -0.1) is 0 Å². The van der Waals surface area contributed by atoms with Crippen LogP contribution < -0.4 is 10.6 Å². The Labute approximate surface area is 78.2 Å². The maximum atomic E-state index is 5.55. The number of hydrogen-bond donors (Lipinski definition) is 1. The molecular weight excluding hydrogens is 164 g/mol. The lowest BCUT2D eigenvalue weighted by Crippen LogP contribution is -2.07. The van der Waals surface area contributed by atoms with Crippen LogP contribution in [-0.2, 0) is 0 Å². The van der Waals surface area contributed by atoms with Crippen LogP contribution in [0.5, 0.6) is 5.75 Å². The molecule has 0 aliphatic carbocycles. The van der Waals surface area contributed by atoms with Crippen molar-refractivity contribution >= 4 is 6.21 Å². The Bertz CT molecular complexity index is 295. The third-order valence-electron chi connectivity index (χ3n) is 1.50. The molecule has 0 saturated carbocycles. The van der Waals surface area contributed by atoms with Crippen molar-refractivity contribution in [3.05, 3.63) is 29.8 Å². The number of para-hydroxylation sites is 1. The Kier molecular flexibility index (Phi) is 3.31. The van der Waals surface area contributed by atoms with Gasteiger partial charge in [-0.3, -0.25) is 0 Å². The topological polar surface area (TPSA) is 47.6 Å². The molecule has 0 aliphatic rings. The Balaban J connectivity index is 2.90. The minimum absolute atomic E-state index is 0.160. The molecule has 1 aromatic carbocycles. The zero-order valence-corrected chi connectivity index (χ0v) is 7.90. The SMILES string of the molecule is CC(C)Oc1ccccc1C=NN. The van der Waals surface area contributed by atoms with Crippen LogP contribution in [0, 0.1) is 0 Å². The molecule has 13 heavy (non-hydrogen) atoms. The van der Waals surface area contributed by atoms with Crippen LogP contribution in [0.2, 0.25) is 0 Å². The summed E-state index contributed by atoms with van der Waals surface area (Å²) in [7, 11) is 0. The molecule has 70 valence electrons. The molecule has 0 fully saturated rings. The molecule has 0 atom stereocenters. The molecule has 3 nitrogen and oxygen atoms in total. The molecule has 2 N–H and O–H groups in total. The van der Waals surface area contributed by atoms with Gasteiger partial charge >= 0.3 is 0 Å². The van der Waals surface area contributed by atoms with Crippen molar-refractivity contribution in [1.82, 2.24) is 0 Å². The Morgan fingerprint density at radius 3 is 2.69 bits per heavy atom. The van der Waals surface area contributed by atoms with Gasteiger partial charge in [-0.25, -0.2) is 0 Å². The summed E-state index contributed by atoms with van der Waals surface area (Å²) in [5.74, 6) is 5.89. The summed E-state index contributed by atoms with van der Waals surface area (Å²) in [6, 6.07) is 7.65. The van der Waals surface area contributed by atoms with E-state index in [2.05, 4.69) is 5.10 Å². The van der Waals surface area contributed by atoms with Crippen LogP contribution in [0.1, 0.15) is 19.4 Å². The highest BCUT2D eigenvalue weighted by Crippen LogP contribution is 2.16. The van der Waals surface area contributed by atoms with E-state index in [0.29, 0.717) is 0 Å². The summed E-state index contributed by atoms with van der Waals surface area (Å²) in [5.41, 5.74) is 0.902. The third-order valence-corrected chi connectivity index (χ3v) is 1.50. The lowest BCUT2D eigenvalue weighted by Gasteiger charge is -2.11. The molecule has 0 aliphatic heterocycles. The van der Waals surface area contributed by atoms with Crippen LogP contribution in [0.15, 0.2) is 29.4 Å². The van der Waals surface area contributed by atoms with E-state index in [1.54, 1.807) is 6.21 Å². The fraction of sp³-hybridized carbons (Fsp3) is 0.300. The molecule has 0 heterocycles. The van der Waals surface area contributed by atoms with E-state index >= 15 is 0 Å². The van der Waals surface area contributed by atoms with Gasteiger partial charge in [-0.2, -0.15) is 5.10 Å². The van der Waals surface area contributed by atoms with Gasteiger partial charge in [0.2, 0.25) is 0 Å². The fourth-order valence-electron chi connectivity index (χ4n) is 1.03. The lowest BCUT2D eigenvalue weighted by molar-refractivity contribution is 0.242. The average Bonchev–Trinajstić information content (AvgIpc) is 2.08. The van der Waals surface area contributed by atoms with Gasteiger partial charge in [-0.05, 0) is 26.0 Å². The third kappa shape index (κ3) is 2.78. The first kappa shape index (κ1) is 9.58. The number of rotatable bonds is 3. The summed E-state index contributed by atoms with van der Waals surface area (Å²) >= 11 is 0. The van der Waals surface area contributed by atoms with Crippen LogP contribution in [0.3, 0.4) is 0 Å². The Morgan fingerprint density at radius 2 is 2.08 bits per heavy atom. The first-order valence-corrected chi connectivity index (χ1v) is 4.23. The van der Waals surface area contributed by atoms with Crippen molar-refractivity contribution in [1.29, 1.82) is 0 Å². The Hall–Kier alpha value is -1.51. The van der Waals surface area contributed by atoms with Crippen molar-refractivity contribution < 1.29 is 4.74 Å². The van der Waals surface area contributed by atoms with Crippen LogP contribution in [-0.4, -0.2) is 12.3 Å². The number of ether oxygens (including phenoxy) is 1. The highest BCUT2D eigenvalue weighted by molar-refractivity contribution is 5.83. The van der Waals surface area contributed by atoms with E-state index in [0.717, 1.165) is 11.3 Å². The maximum Gasteiger partial charge on any atom is 0.128 e. The molecular formula is C10H14N2O. The molecule has 0 amide bonds. The van der Waals surface area contributed by atoms with E-state index in [9.17, 15) is 0 Å². The normalized spacial score (nSPS) is 11.0. The molecule has 0 saturated heterocycles. The monoisotopic (exact) mass is 178 g/mol. The first-order chi connectivity index (χ1) is 6.24. The minimum atomic E-state index is 0.160. The van der Waals surface area contributed by atoms with Gasteiger partial charge in [0.15, 0.2) is 0 Å². The van der Waals surface area contributed by atoms with Crippen molar-refractivity contribution in [3.8, 4) is 5.75 Å². The standard InChI is InChI=1S/C10H14N2O/c1-8(2)13-10-6-4-3-5-9(10)7-12-11/h3-8H,11H2,1-2H3. The predicted octanol–water partition coefficient (Wildman–Crippen LogP) is 1.77. The molecule has 0 aromatic heterocycles. The van der Waals surface area contributed by atoms with Gasteiger partial charge in [0.25, 0.3) is 0 Å². The van der Waals surface area contributed by atoms with E-state index < -0.39 is 0 Å². The van der Waals surface area contributed by atoms with Crippen molar-refractivity contribution in [3.63, 3.8) is 0 Å². The highest BCUT2D eigenvalue weighted by atomic mass is 16.5. The van der Waals surface area contributed by atoms with E-state index in [-0.39, 0.29) is 6.10 Å². The summed E-state index contributed by atoms with van der Waals surface area (Å²) in [6.07, 6.45) is 1.74. The van der Waals surface area contributed by atoms with Crippen molar-refractivity contribution in [2.75, 3.05) is 0 Å². The molecule has 1 rings (SSSR count). The minimum Gasteiger partial charge on any atom is -0.490 e. The number of hydrazone groups is 1. The largest absolute Gasteiger partial charge is 0.490 e. The number of nitrogens with two attached hydrogens (primary N) is 1. The quantitative estimate of drug-likeness (QED) is 0.435. The number of hydrogen-bond acceptors (Lipinski definition) is 3. The van der Waals surface area contributed by atoms with Gasteiger partial charge < -0.3 is 10.6 Å². The summed E-state index contributed by atoms with van der Waals surface area (Å²) < 4.78 is 5.55. The number of benzene rings is 1. The van der Waals surface area contributed by atoms with Gasteiger partial charge in [0.05, 0.1) is 12.3 Å². The zero-order chi connectivity index (χ0) is 9.68. The van der Waals surface area contributed by atoms with Crippen LogP contribution >= 0.6 is 0 Å². The van der Waals surface area contributed by atoms with E-state index in [1.807, 2.05) is 38.1 Å². The van der Waals surface area contributed by atoms with Gasteiger partial charge in [-0.1, -0.05) is 12.1 Å². The van der Waals surface area contributed by atoms with Gasteiger partial charge in [0, 0.05) is 5.56 Å². The summed E-state index contributed by atoms with van der Waals surface area (Å²) in [5, 5.41) is 3.47. The van der Waals surface area contributed by atoms with Crippen molar-refractivity contribution in [2.45, 2.75) is 20.0 Å². The average molecular weight is 178 g/mol. The highest BCUT2D eigenvalue weighted by Gasteiger charge is 2.01. The summed E-state index contributed by atoms with van der Waals surface area (Å²) in [4.78, 5) is 0. The predicted molar refractivity (Wildman–Crippen MR) is 54.0 cm³/mol. The molecule has 1 aromatic rings. The maximum absolute atomic E-state index is 5.55. The Morgan fingerprint density at radius 1 is 1.38 bits per heavy atom. The number of nitrogens with zero attached hydrogens (tertiary/aromatic N) is 1. The molecule has 3 heteroatoms. The van der Waals surface area contributed by atoms with Crippen LogP contribution in [0.4, 0.5) is 0 Å². The second-order valence-electron chi connectivity index (χ2n) is 2.98. The molecule has 0 spiro atoms. The van der Waals surface area contributed by atoms with Crippen molar-refractivity contribution in [2.24, 2.45) is 10.9 Å². The smallest absolute Gasteiger partial charge is 0.128 e. The first-order valence-electron chi connectivity index (χ1n) is 4.23. The van der Waals surface area contributed by atoms with Gasteiger partial charge in [0.1, 0.15) is 5.75 Å². The lowest BCUT2D eigenvalue weighted by atomic mass is 10.2. The zero-order valence-electron chi connectivity index (χ0n) is 7.90. The molecule has 0 unspecified atom stereocenters.